The van der Waals surface area contributed by atoms with Gasteiger partial charge in [0.2, 0.25) is 0 Å². The summed E-state index contributed by atoms with van der Waals surface area (Å²) in [6, 6.07) is 0.380. The number of aromatic nitrogens is 2. The molecule has 1 atom stereocenters. The lowest BCUT2D eigenvalue weighted by Gasteiger charge is -2.15. The molecule has 0 bridgehead atoms. The first kappa shape index (κ1) is 14.8. The Morgan fingerprint density at radius 1 is 1.60 bits per heavy atom. The largest absolute Gasteiger partial charge is 0.466 e. The van der Waals surface area contributed by atoms with Crippen LogP contribution in [-0.4, -0.2) is 35.3 Å². The fraction of sp³-hybridized carbons (Fsp3) is 0.500. The molecule has 5 nitrogen and oxygen atoms in total. The van der Waals surface area contributed by atoms with Gasteiger partial charge in [-0.2, -0.15) is 0 Å². The zero-order chi connectivity index (χ0) is 14.5. The van der Waals surface area contributed by atoms with E-state index in [4.69, 9.17) is 0 Å². The van der Waals surface area contributed by atoms with Crippen LogP contribution in [0.4, 0.5) is 5.82 Å². The Morgan fingerprint density at radius 3 is 2.95 bits per heavy atom. The smallest absolute Gasteiger partial charge is 0.330 e. The molecule has 0 saturated heterocycles. The lowest BCUT2D eigenvalue weighted by atomic mass is 10.2. The monoisotopic (exact) mass is 293 g/mol. The van der Waals surface area contributed by atoms with E-state index in [0.29, 0.717) is 11.2 Å². The van der Waals surface area contributed by atoms with E-state index >= 15 is 0 Å². The van der Waals surface area contributed by atoms with Crippen LogP contribution in [0.3, 0.4) is 0 Å². The average molecular weight is 293 g/mol. The molecule has 0 radical (unpaired) electrons. The molecule has 1 aliphatic rings. The van der Waals surface area contributed by atoms with Gasteiger partial charge in [0.1, 0.15) is 5.82 Å². The summed E-state index contributed by atoms with van der Waals surface area (Å²) in [6.45, 7) is 2.16. The summed E-state index contributed by atoms with van der Waals surface area (Å²) < 4.78 is 4.59. The van der Waals surface area contributed by atoms with Gasteiger partial charge in [-0.05, 0) is 38.0 Å². The number of ether oxygens (including phenoxy) is 1. The molecule has 2 rings (SSSR count). The second kappa shape index (κ2) is 6.74. The van der Waals surface area contributed by atoms with E-state index in [1.165, 1.54) is 37.8 Å². The molecule has 1 saturated carbocycles. The minimum absolute atomic E-state index is 0.380. The van der Waals surface area contributed by atoms with Crippen LogP contribution in [0.2, 0.25) is 0 Å². The third-order valence-electron chi connectivity index (χ3n) is 3.27. The normalized spacial score (nSPS) is 16.1. The molecule has 6 heteroatoms. The fourth-order valence-electron chi connectivity index (χ4n) is 1.87. The minimum atomic E-state index is -0.389. The maximum atomic E-state index is 11.2. The lowest BCUT2D eigenvalue weighted by molar-refractivity contribution is -0.134. The van der Waals surface area contributed by atoms with Crippen LogP contribution >= 0.6 is 11.8 Å². The lowest BCUT2D eigenvalue weighted by Crippen LogP contribution is -2.19. The maximum absolute atomic E-state index is 11.2. The van der Waals surface area contributed by atoms with Gasteiger partial charge in [-0.25, -0.2) is 14.8 Å². The van der Waals surface area contributed by atoms with Gasteiger partial charge in [0, 0.05) is 23.9 Å². The molecule has 0 aliphatic heterocycles. The van der Waals surface area contributed by atoms with E-state index < -0.39 is 0 Å². The van der Waals surface area contributed by atoms with Gasteiger partial charge in [0.25, 0.3) is 0 Å². The predicted molar refractivity (Wildman–Crippen MR) is 80.7 cm³/mol. The van der Waals surface area contributed by atoms with E-state index in [2.05, 4.69) is 26.9 Å². The highest BCUT2D eigenvalue weighted by Gasteiger charge is 2.28. The van der Waals surface area contributed by atoms with Crippen molar-refractivity contribution in [2.75, 3.05) is 18.7 Å². The van der Waals surface area contributed by atoms with E-state index in [0.717, 1.165) is 17.3 Å². The van der Waals surface area contributed by atoms with Gasteiger partial charge in [-0.3, -0.25) is 0 Å². The van der Waals surface area contributed by atoms with E-state index in [-0.39, 0.29) is 5.97 Å². The number of methoxy groups -OCH3 is 1. The number of rotatable bonds is 6. The molecular weight excluding hydrogens is 274 g/mol. The van der Waals surface area contributed by atoms with Crippen LogP contribution in [0.1, 0.15) is 25.3 Å². The zero-order valence-corrected chi connectivity index (χ0v) is 12.7. The van der Waals surface area contributed by atoms with Gasteiger partial charge in [0.15, 0.2) is 5.16 Å². The van der Waals surface area contributed by atoms with Crippen molar-refractivity contribution in [1.29, 1.82) is 0 Å². The molecule has 0 spiro atoms. The first-order chi connectivity index (χ1) is 9.63. The van der Waals surface area contributed by atoms with Crippen molar-refractivity contribution in [2.45, 2.75) is 31.0 Å². The summed E-state index contributed by atoms with van der Waals surface area (Å²) in [4.78, 5) is 19.9. The number of nitrogens with one attached hydrogen (secondary N) is 1. The summed E-state index contributed by atoms with van der Waals surface area (Å²) in [6.07, 6.45) is 9.25. The number of esters is 1. The molecule has 1 aromatic rings. The third kappa shape index (κ3) is 3.96. The summed E-state index contributed by atoms with van der Waals surface area (Å²) in [5.41, 5.74) is 0.792. The molecule has 1 N–H and O–H groups in total. The van der Waals surface area contributed by atoms with E-state index in [9.17, 15) is 4.79 Å². The number of nitrogens with zero attached hydrogens (tertiary/aromatic N) is 2. The van der Waals surface area contributed by atoms with Crippen molar-refractivity contribution in [2.24, 2.45) is 5.92 Å². The van der Waals surface area contributed by atoms with Crippen LogP contribution < -0.4 is 5.32 Å². The Labute approximate surface area is 123 Å². The quantitative estimate of drug-likeness (QED) is 0.376. The Hall–Kier alpha value is -1.56. The van der Waals surface area contributed by atoms with Gasteiger partial charge < -0.3 is 10.1 Å². The minimum Gasteiger partial charge on any atom is -0.466 e. The standard InChI is InChI=1S/C14H19N3O2S/c1-9(10-4-5-10)16-13-11(6-7-12(18)19-2)8-15-14(17-13)20-3/h6-10H,4-5H2,1-3H3,(H,15,16,17)/b7-6+. The van der Waals surface area contributed by atoms with Gasteiger partial charge in [0.05, 0.1) is 7.11 Å². The Morgan fingerprint density at radius 2 is 2.35 bits per heavy atom. The SMILES string of the molecule is COC(=O)/C=C/c1cnc(SC)nc1NC(C)C1CC1. The van der Waals surface area contributed by atoms with Gasteiger partial charge >= 0.3 is 5.97 Å². The molecule has 1 unspecified atom stereocenters. The van der Waals surface area contributed by atoms with Crippen LogP contribution in [-0.2, 0) is 9.53 Å². The van der Waals surface area contributed by atoms with Crippen molar-refractivity contribution in [3.05, 3.63) is 17.8 Å². The van der Waals surface area contributed by atoms with Crippen molar-refractivity contribution >= 4 is 29.6 Å². The highest BCUT2D eigenvalue weighted by atomic mass is 32.2. The second-order valence-electron chi connectivity index (χ2n) is 4.79. The topological polar surface area (TPSA) is 64.1 Å². The molecule has 1 aliphatic carbocycles. The van der Waals surface area contributed by atoms with Crippen molar-refractivity contribution < 1.29 is 9.53 Å². The van der Waals surface area contributed by atoms with Crippen LogP contribution in [0.15, 0.2) is 17.4 Å². The van der Waals surface area contributed by atoms with Crippen molar-refractivity contribution in [1.82, 2.24) is 9.97 Å². The molecule has 1 fully saturated rings. The molecule has 20 heavy (non-hydrogen) atoms. The Bertz CT molecular complexity index is 515. The van der Waals surface area contributed by atoms with Crippen LogP contribution in [0.5, 0.6) is 0 Å². The summed E-state index contributed by atoms with van der Waals surface area (Å²) in [7, 11) is 1.36. The maximum Gasteiger partial charge on any atom is 0.330 e. The first-order valence-electron chi connectivity index (χ1n) is 6.57. The summed E-state index contributed by atoms with van der Waals surface area (Å²) in [5, 5.41) is 4.13. The van der Waals surface area contributed by atoms with Crippen LogP contribution in [0.25, 0.3) is 6.08 Å². The summed E-state index contributed by atoms with van der Waals surface area (Å²) in [5.74, 6) is 1.10. The number of hydrogen-bond donors (Lipinski definition) is 1. The van der Waals surface area contributed by atoms with Gasteiger partial charge in [-0.15, -0.1) is 0 Å². The van der Waals surface area contributed by atoms with E-state index in [1.807, 2.05) is 6.26 Å². The van der Waals surface area contributed by atoms with Gasteiger partial charge in [-0.1, -0.05) is 11.8 Å². The molecule has 1 heterocycles. The molecule has 1 aromatic heterocycles. The van der Waals surface area contributed by atoms with Crippen molar-refractivity contribution in [3.63, 3.8) is 0 Å². The number of anilines is 1. The summed E-state index contributed by atoms with van der Waals surface area (Å²) >= 11 is 1.49. The predicted octanol–water partition coefficient (Wildman–Crippen LogP) is 2.60. The average Bonchev–Trinajstić information content (AvgIpc) is 3.30. The highest BCUT2D eigenvalue weighted by Crippen LogP contribution is 2.34. The fourth-order valence-corrected chi connectivity index (χ4v) is 2.21. The molecule has 108 valence electrons. The zero-order valence-electron chi connectivity index (χ0n) is 11.9. The number of hydrogen-bond acceptors (Lipinski definition) is 6. The molecular formula is C14H19N3O2S. The molecule has 0 amide bonds. The molecule has 0 aromatic carbocycles. The van der Waals surface area contributed by atoms with Crippen molar-refractivity contribution in [3.8, 4) is 0 Å². The van der Waals surface area contributed by atoms with Crippen LogP contribution in [0, 0.1) is 5.92 Å². The highest BCUT2D eigenvalue weighted by molar-refractivity contribution is 7.98. The number of thioether (sulfide) groups is 1. The first-order valence-corrected chi connectivity index (χ1v) is 7.80. The number of carbonyl (C=O) groups excluding carboxylic acids is 1. The number of carbonyl (C=O) groups is 1. The van der Waals surface area contributed by atoms with E-state index in [1.54, 1.807) is 12.3 Å². The Kier molecular flexibility index (Phi) is 5.00. The third-order valence-corrected chi connectivity index (χ3v) is 3.83. The Balaban J connectivity index is 2.19. The second-order valence-corrected chi connectivity index (χ2v) is 5.56.